The van der Waals surface area contributed by atoms with E-state index in [0.717, 1.165) is 26.5 Å². The predicted octanol–water partition coefficient (Wildman–Crippen LogP) is 4.02. The number of hydrogen-bond donors (Lipinski definition) is 0. The summed E-state index contributed by atoms with van der Waals surface area (Å²) in [5.74, 6) is 0.589. The Bertz CT molecular complexity index is 778. The number of nitrogens with zero attached hydrogens (tertiary/aromatic N) is 1. The van der Waals surface area contributed by atoms with Crippen LogP contribution in [0.1, 0.15) is 17.5 Å². The number of carbonyl (C=O) groups is 1. The molecule has 0 bridgehead atoms. The van der Waals surface area contributed by atoms with Gasteiger partial charge in [0.2, 0.25) is 0 Å². The van der Waals surface area contributed by atoms with Gasteiger partial charge in [0.25, 0.3) is 0 Å². The van der Waals surface area contributed by atoms with E-state index < -0.39 is 0 Å². The van der Waals surface area contributed by atoms with E-state index in [1.807, 2.05) is 49.4 Å². The zero-order valence-electron chi connectivity index (χ0n) is 13.5. The number of fused-ring (bicyclic) bond motifs is 1. The van der Waals surface area contributed by atoms with Crippen LogP contribution in [0.5, 0.6) is 5.75 Å². The first-order valence-corrected chi connectivity index (χ1v) is 8.78. The molecule has 0 radical (unpaired) electrons. The third-order valence-corrected chi connectivity index (χ3v) is 4.60. The van der Waals surface area contributed by atoms with Crippen LogP contribution in [0.2, 0.25) is 0 Å². The van der Waals surface area contributed by atoms with Gasteiger partial charge in [0.15, 0.2) is 0 Å². The molecule has 5 heteroatoms. The van der Waals surface area contributed by atoms with Crippen molar-refractivity contribution in [3.63, 3.8) is 0 Å². The highest BCUT2D eigenvalue weighted by Crippen LogP contribution is 2.21. The highest BCUT2D eigenvalue weighted by Gasteiger charge is 2.07. The van der Waals surface area contributed by atoms with Crippen molar-refractivity contribution in [3.8, 4) is 5.75 Å². The largest absolute Gasteiger partial charge is 0.494 e. The molecule has 3 rings (SSSR count). The average molecular weight is 341 g/mol. The number of carbonyl (C=O) groups excluding carboxylic acids is 1. The molecular formula is C19H19NO3S. The van der Waals surface area contributed by atoms with Gasteiger partial charge in [-0.3, -0.25) is 4.79 Å². The molecule has 0 aliphatic carbocycles. The summed E-state index contributed by atoms with van der Waals surface area (Å²) in [6.07, 6.45) is 0.917. The van der Waals surface area contributed by atoms with Gasteiger partial charge >= 0.3 is 5.97 Å². The number of thiazole rings is 1. The Balaban J connectivity index is 1.46. The van der Waals surface area contributed by atoms with Gasteiger partial charge in [0, 0.05) is 6.42 Å². The summed E-state index contributed by atoms with van der Waals surface area (Å²) < 4.78 is 11.9. The summed E-state index contributed by atoms with van der Waals surface area (Å²) in [6, 6.07) is 15.5. The molecule has 3 aromatic rings. The number of para-hydroxylation sites is 1. The molecule has 0 fully saturated rings. The highest BCUT2D eigenvalue weighted by atomic mass is 32.1. The van der Waals surface area contributed by atoms with E-state index in [-0.39, 0.29) is 12.4 Å². The van der Waals surface area contributed by atoms with Crippen LogP contribution in [-0.4, -0.2) is 24.2 Å². The average Bonchev–Trinajstić information content (AvgIpc) is 2.99. The Morgan fingerprint density at radius 1 is 1.12 bits per heavy atom. The number of ether oxygens (including phenoxy) is 2. The van der Waals surface area contributed by atoms with E-state index in [4.69, 9.17) is 9.47 Å². The van der Waals surface area contributed by atoms with Crippen molar-refractivity contribution in [3.05, 3.63) is 59.1 Å². The van der Waals surface area contributed by atoms with E-state index in [1.165, 1.54) is 0 Å². The third kappa shape index (κ3) is 4.32. The molecule has 0 saturated heterocycles. The summed E-state index contributed by atoms with van der Waals surface area (Å²) in [6.45, 7) is 2.93. The maximum atomic E-state index is 11.9. The lowest BCUT2D eigenvalue weighted by atomic mass is 10.1. The molecule has 1 heterocycles. The lowest BCUT2D eigenvalue weighted by molar-refractivity contribution is -0.142. The molecule has 124 valence electrons. The fourth-order valence-corrected chi connectivity index (χ4v) is 3.32. The van der Waals surface area contributed by atoms with Gasteiger partial charge in [0.05, 0.1) is 34.9 Å². The van der Waals surface area contributed by atoms with Gasteiger partial charge in [0.1, 0.15) is 5.75 Å². The van der Waals surface area contributed by atoms with Crippen molar-refractivity contribution in [1.82, 2.24) is 4.98 Å². The van der Waals surface area contributed by atoms with Gasteiger partial charge in [-0.15, -0.1) is 11.3 Å². The zero-order chi connectivity index (χ0) is 16.8. The molecular weight excluding hydrogens is 322 g/mol. The highest BCUT2D eigenvalue weighted by molar-refractivity contribution is 7.18. The van der Waals surface area contributed by atoms with Crippen LogP contribution in [0, 0.1) is 0 Å². The molecule has 24 heavy (non-hydrogen) atoms. The Labute approximate surface area is 145 Å². The second-order valence-corrected chi connectivity index (χ2v) is 6.41. The summed E-state index contributed by atoms with van der Waals surface area (Å²) in [7, 11) is 0. The Hall–Kier alpha value is -2.40. The van der Waals surface area contributed by atoms with Gasteiger partial charge < -0.3 is 9.47 Å². The quantitative estimate of drug-likeness (QED) is 0.609. The molecule has 0 unspecified atom stereocenters. The van der Waals surface area contributed by atoms with Gasteiger partial charge in [-0.25, -0.2) is 4.98 Å². The van der Waals surface area contributed by atoms with Crippen molar-refractivity contribution in [1.29, 1.82) is 0 Å². The van der Waals surface area contributed by atoms with Crippen LogP contribution in [0.25, 0.3) is 10.2 Å². The zero-order valence-corrected chi connectivity index (χ0v) is 14.3. The molecule has 0 N–H and O–H groups in total. The molecule has 1 aromatic heterocycles. The first-order valence-electron chi connectivity index (χ1n) is 7.96. The minimum Gasteiger partial charge on any atom is -0.494 e. The molecule has 0 aliphatic rings. The second-order valence-electron chi connectivity index (χ2n) is 5.30. The number of esters is 1. The van der Waals surface area contributed by atoms with Crippen LogP contribution in [-0.2, 0) is 22.4 Å². The van der Waals surface area contributed by atoms with Crippen molar-refractivity contribution < 1.29 is 14.3 Å². The summed E-state index contributed by atoms with van der Waals surface area (Å²) in [5.41, 5.74) is 1.92. The van der Waals surface area contributed by atoms with E-state index in [1.54, 1.807) is 11.3 Å². The molecule has 0 atom stereocenters. The first kappa shape index (κ1) is 16.5. The molecule has 4 nitrogen and oxygen atoms in total. The molecule has 2 aromatic carbocycles. The van der Waals surface area contributed by atoms with Crippen LogP contribution >= 0.6 is 11.3 Å². The van der Waals surface area contributed by atoms with Crippen molar-refractivity contribution in [2.45, 2.75) is 19.8 Å². The fraction of sp³-hybridized carbons (Fsp3) is 0.263. The predicted molar refractivity (Wildman–Crippen MR) is 95.6 cm³/mol. The van der Waals surface area contributed by atoms with Crippen LogP contribution in [0.3, 0.4) is 0 Å². The van der Waals surface area contributed by atoms with Crippen molar-refractivity contribution in [2.24, 2.45) is 0 Å². The SMILES string of the molecule is CCOc1ccc(CC(=O)OCCc2nc3ccccc3s2)cc1. The number of aromatic nitrogens is 1. The number of rotatable bonds is 7. The van der Waals surface area contributed by atoms with Gasteiger partial charge in [-0.05, 0) is 36.8 Å². The summed E-state index contributed by atoms with van der Waals surface area (Å²) >= 11 is 1.64. The Morgan fingerprint density at radius 3 is 2.67 bits per heavy atom. The van der Waals surface area contributed by atoms with Crippen molar-refractivity contribution >= 4 is 27.5 Å². The van der Waals surface area contributed by atoms with E-state index in [0.29, 0.717) is 19.6 Å². The standard InChI is InChI=1S/C19H19NO3S/c1-2-22-15-9-7-14(8-10-15)13-19(21)23-12-11-18-20-16-5-3-4-6-17(16)24-18/h3-10H,2,11-13H2,1H3. The fourth-order valence-electron chi connectivity index (χ4n) is 2.37. The Morgan fingerprint density at radius 2 is 1.92 bits per heavy atom. The van der Waals surface area contributed by atoms with Crippen LogP contribution < -0.4 is 4.74 Å². The van der Waals surface area contributed by atoms with Crippen LogP contribution in [0.15, 0.2) is 48.5 Å². The van der Waals surface area contributed by atoms with Gasteiger partial charge in [-0.2, -0.15) is 0 Å². The lowest BCUT2D eigenvalue weighted by Crippen LogP contribution is -2.10. The minimum atomic E-state index is -0.222. The van der Waals surface area contributed by atoms with E-state index in [9.17, 15) is 4.79 Å². The molecule has 0 spiro atoms. The number of benzene rings is 2. The summed E-state index contributed by atoms with van der Waals surface area (Å²) in [5, 5.41) is 0.991. The molecule has 0 aliphatic heterocycles. The van der Waals surface area contributed by atoms with E-state index in [2.05, 4.69) is 11.1 Å². The summed E-state index contributed by atoms with van der Waals surface area (Å²) in [4.78, 5) is 16.4. The van der Waals surface area contributed by atoms with Crippen LogP contribution in [0.4, 0.5) is 0 Å². The van der Waals surface area contributed by atoms with Crippen molar-refractivity contribution in [2.75, 3.05) is 13.2 Å². The normalized spacial score (nSPS) is 10.7. The third-order valence-electron chi connectivity index (χ3n) is 3.50. The number of hydrogen-bond acceptors (Lipinski definition) is 5. The monoisotopic (exact) mass is 341 g/mol. The smallest absolute Gasteiger partial charge is 0.310 e. The van der Waals surface area contributed by atoms with E-state index >= 15 is 0 Å². The maximum Gasteiger partial charge on any atom is 0.310 e. The second kappa shape index (κ2) is 7.93. The Kier molecular flexibility index (Phi) is 5.43. The molecule has 0 amide bonds. The molecule has 0 saturated carbocycles. The topological polar surface area (TPSA) is 48.4 Å². The maximum absolute atomic E-state index is 11.9. The minimum absolute atomic E-state index is 0.222. The first-order chi connectivity index (χ1) is 11.7. The lowest BCUT2D eigenvalue weighted by Gasteiger charge is -2.06. The van der Waals surface area contributed by atoms with Gasteiger partial charge in [-0.1, -0.05) is 24.3 Å².